The van der Waals surface area contributed by atoms with Crippen molar-refractivity contribution in [1.82, 2.24) is 4.90 Å². The van der Waals surface area contributed by atoms with Crippen LogP contribution in [0.5, 0.6) is 0 Å². The standard InChI is InChI=1S/C21H23N2O7P/c24-19-16-10-4-5-11-17(16)20(25)23(19)13-7-6-12-18(31(27,28)29)22-21(26)30-14-15-8-2-1-3-9-15/h1-5,8-11,21,26H,6-7,12-14H2,(H2,27,28,29). The van der Waals surface area contributed by atoms with Gasteiger partial charge in [-0.1, -0.05) is 42.5 Å². The summed E-state index contributed by atoms with van der Waals surface area (Å²) in [4.78, 5) is 48.5. The molecule has 0 radical (unpaired) electrons. The van der Waals surface area contributed by atoms with Crippen molar-refractivity contribution in [3.8, 4) is 0 Å². The molecule has 0 saturated heterocycles. The van der Waals surface area contributed by atoms with Gasteiger partial charge in [-0.05, 0) is 37.0 Å². The number of carbonyl (C=O) groups excluding carboxylic acids is 2. The Morgan fingerprint density at radius 3 is 2.13 bits per heavy atom. The molecule has 1 aliphatic heterocycles. The highest BCUT2D eigenvalue weighted by Crippen LogP contribution is 2.39. The van der Waals surface area contributed by atoms with Gasteiger partial charge in [-0.25, -0.2) is 4.99 Å². The monoisotopic (exact) mass is 446 g/mol. The summed E-state index contributed by atoms with van der Waals surface area (Å²) in [6.07, 6.45) is -1.26. The first-order chi connectivity index (χ1) is 14.8. The molecule has 2 amide bonds. The zero-order valence-electron chi connectivity index (χ0n) is 16.6. The predicted molar refractivity (Wildman–Crippen MR) is 112 cm³/mol. The molecule has 164 valence electrons. The number of rotatable bonds is 10. The van der Waals surface area contributed by atoms with E-state index in [1.54, 1.807) is 48.5 Å². The van der Waals surface area contributed by atoms with Gasteiger partial charge in [-0.2, -0.15) is 0 Å². The minimum atomic E-state index is -4.70. The third-order valence-corrected chi connectivity index (χ3v) is 5.76. The summed E-state index contributed by atoms with van der Waals surface area (Å²) in [5, 5.41) is 9.89. The average Bonchev–Trinajstić information content (AvgIpc) is 2.99. The van der Waals surface area contributed by atoms with Crippen LogP contribution >= 0.6 is 7.60 Å². The number of carbonyl (C=O) groups is 2. The van der Waals surface area contributed by atoms with Crippen molar-refractivity contribution in [3.63, 3.8) is 0 Å². The number of nitrogens with zero attached hydrogens (tertiary/aromatic N) is 2. The highest BCUT2D eigenvalue weighted by molar-refractivity contribution is 7.70. The molecule has 1 heterocycles. The van der Waals surface area contributed by atoms with Crippen LogP contribution in [0.15, 0.2) is 59.6 Å². The Kier molecular flexibility index (Phi) is 7.48. The van der Waals surface area contributed by atoms with E-state index in [2.05, 4.69) is 4.99 Å². The molecule has 3 rings (SSSR count). The first-order valence-corrected chi connectivity index (χ1v) is 11.3. The molecule has 0 aromatic heterocycles. The maximum absolute atomic E-state index is 12.3. The summed E-state index contributed by atoms with van der Waals surface area (Å²) in [5.74, 6) is -0.761. The lowest BCUT2D eigenvalue weighted by molar-refractivity contribution is -0.101. The van der Waals surface area contributed by atoms with Crippen molar-refractivity contribution < 1.29 is 33.8 Å². The molecule has 31 heavy (non-hydrogen) atoms. The normalized spacial score (nSPS) is 15.3. The summed E-state index contributed by atoms with van der Waals surface area (Å²) in [7, 11) is -4.70. The fourth-order valence-corrected chi connectivity index (χ4v) is 3.89. The molecule has 0 aliphatic carbocycles. The predicted octanol–water partition coefficient (Wildman–Crippen LogP) is 2.52. The van der Waals surface area contributed by atoms with E-state index in [0.717, 1.165) is 10.5 Å². The topological polar surface area (TPSA) is 137 Å². The van der Waals surface area contributed by atoms with Crippen LogP contribution in [0.2, 0.25) is 0 Å². The summed E-state index contributed by atoms with van der Waals surface area (Å²) in [6.45, 7) is 0.146. The van der Waals surface area contributed by atoms with Gasteiger partial charge in [0.2, 0.25) is 0 Å². The lowest BCUT2D eigenvalue weighted by atomic mass is 10.1. The molecule has 9 nitrogen and oxygen atoms in total. The molecule has 1 atom stereocenters. The zero-order valence-corrected chi connectivity index (χ0v) is 17.5. The molecular weight excluding hydrogens is 423 g/mol. The van der Waals surface area contributed by atoms with Crippen LogP contribution < -0.4 is 0 Å². The number of aliphatic hydroxyl groups is 1. The van der Waals surface area contributed by atoms with Crippen molar-refractivity contribution in [2.24, 2.45) is 4.99 Å². The number of fused-ring (bicyclic) bond motifs is 1. The molecule has 2 aromatic carbocycles. The smallest absolute Gasteiger partial charge is 0.350 e. The highest BCUT2D eigenvalue weighted by atomic mass is 31.2. The van der Waals surface area contributed by atoms with Crippen LogP contribution in [0, 0.1) is 0 Å². The number of ether oxygens (including phenoxy) is 1. The molecule has 0 saturated carbocycles. The third kappa shape index (κ3) is 5.94. The van der Waals surface area contributed by atoms with Gasteiger partial charge >= 0.3 is 7.60 Å². The Labute approximate surface area is 179 Å². The van der Waals surface area contributed by atoms with Crippen LogP contribution in [0.4, 0.5) is 0 Å². The molecule has 10 heteroatoms. The second kappa shape index (κ2) is 10.1. The van der Waals surface area contributed by atoms with Crippen LogP contribution in [-0.2, 0) is 15.9 Å². The van der Waals surface area contributed by atoms with Crippen LogP contribution in [-0.4, -0.2) is 50.0 Å². The lowest BCUT2D eigenvalue weighted by Crippen LogP contribution is -2.30. The summed E-state index contributed by atoms with van der Waals surface area (Å²) < 4.78 is 16.9. The van der Waals surface area contributed by atoms with Crippen molar-refractivity contribution in [2.45, 2.75) is 32.3 Å². The van der Waals surface area contributed by atoms with Crippen LogP contribution in [0.3, 0.4) is 0 Å². The molecule has 1 aliphatic rings. The third-order valence-electron chi connectivity index (χ3n) is 4.75. The van der Waals surface area contributed by atoms with E-state index in [1.165, 1.54) is 0 Å². The average molecular weight is 446 g/mol. The lowest BCUT2D eigenvalue weighted by Gasteiger charge is -2.15. The molecule has 0 spiro atoms. The molecule has 2 aromatic rings. The number of imide groups is 1. The Hall–Kier alpha value is -2.68. The minimum absolute atomic E-state index is 0.0275. The maximum atomic E-state index is 12.3. The van der Waals surface area contributed by atoms with Crippen LogP contribution in [0.1, 0.15) is 45.5 Å². The first-order valence-electron chi connectivity index (χ1n) is 9.69. The van der Waals surface area contributed by atoms with E-state index < -0.39 is 19.5 Å². The largest absolute Gasteiger partial charge is 0.370 e. The fourth-order valence-electron chi connectivity index (χ4n) is 3.19. The van der Waals surface area contributed by atoms with Gasteiger partial charge in [0.25, 0.3) is 18.2 Å². The molecular formula is C21H23N2O7P. The van der Waals surface area contributed by atoms with Crippen molar-refractivity contribution >= 4 is 24.9 Å². The number of hydrogen-bond donors (Lipinski definition) is 3. The second-order valence-electron chi connectivity index (χ2n) is 6.98. The molecule has 1 unspecified atom stereocenters. The van der Waals surface area contributed by atoms with Gasteiger partial charge in [-0.3, -0.25) is 19.1 Å². The van der Waals surface area contributed by atoms with Gasteiger partial charge in [0.05, 0.1) is 17.7 Å². The fraction of sp³-hybridized carbons (Fsp3) is 0.286. The van der Waals surface area contributed by atoms with Gasteiger partial charge in [0, 0.05) is 6.54 Å². The van der Waals surface area contributed by atoms with Gasteiger partial charge < -0.3 is 19.6 Å². The van der Waals surface area contributed by atoms with Crippen molar-refractivity contribution in [2.75, 3.05) is 6.54 Å². The van der Waals surface area contributed by atoms with Gasteiger partial charge in [0.1, 0.15) is 5.45 Å². The highest BCUT2D eigenvalue weighted by Gasteiger charge is 2.34. The number of amides is 2. The van der Waals surface area contributed by atoms with E-state index in [1.807, 2.05) is 6.07 Å². The van der Waals surface area contributed by atoms with Gasteiger partial charge in [0.15, 0.2) is 0 Å². The number of benzene rings is 2. The van der Waals surface area contributed by atoms with Crippen molar-refractivity contribution in [1.29, 1.82) is 0 Å². The summed E-state index contributed by atoms with van der Waals surface area (Å²) >= 11 is 0. The summed E-state index contributed by atoms with van der Waals surface area (Å²) in [5.41, 5.74) is 0.984. The number of unbranched alkanes of at least 4 members (excludes halogenated alkanes) is 1. The van der Waals surface area contributed by atoms with E-state index in [-0.39, 0.29) is 37.8 Å². The van der Waals surface area contributed by atoms with E-state index in [0.29, 0.717) is 17.5 Å². The Morgan fingerprint density at radius 1 is 0.968 bits per heavy atom. The maximum Gasteiger partial charge on any atom is 0.370 e. The first kappa shape index (κ1) is 23.0. The van der Waals surface area contributed by atoms with E-state index >= 15 is 0 Å². The molecule has 0 fully saturated rings. The minimum Gasteiger partial charge on any atom is -0.350 e. The quantitative estimate of drug-likeness (QED) is 0.168. The molecule has 0 bridgehead atoms. The number of hydrogen-bond acceptors (Lipinski definition) is 6. The van der Waals surface area contributed by atoms with Crippen molar-refractivity contribution in [3.05, 3.63) is 71.3 Å². The molecule has 3 N–H and O–H groups in total. The number of aliphatic imine (C=N–C) groups is 1. The van der Waals surface area contributed by atoms with E-state index in [9.17, 15) is 29.0 Å². The number of aliphatic hydroxyl groups excluding tert-OH is 1. The Balaban J connectivity index is 1.52. The van der Waals surface area contributed by atoms with E-state index in [4.69, 9.17) is 4.74 Å². The summed E-state index contributed by atoms with van der Waals surface area (Å²) in [6, 6.07) is 15.5. The second-order valence-corrected chi connectivity index (χ2v) is 8.58. The van der Waals surface area contributed by atoms with Gasteiger partial charge in [-0.15, -0.1) is 0 Å². The Bertz CT molecular complexity index is 984. The SMILES string of the molecule is O=C1c2ccccc2C(=O)N1CCCCC(=NC(O)OCc1ccccc1)P(=O)(O)O. The van der Waals surface area contributed by atoms with Crippen LogP contribution in [0.25, 0.3) is 0 Å². The Morgan fingerprint density at radius 2 is 1.55 bits per heavy atom. The zero-order chi connectivity index (χ0) is 22.4.